The largest absolute Gasteiger partial charge is 0.494 e. The first kappa shape index (κ1) is 23.4. The van der Waals surface area contributed by atoms with Crippen LogP contribution < -0.4 is 29.9 Å². The molecule has 2 aromatic heterocycles. The van der Waals surface area contributed by atoms with Gasteiger partial charge in [0.25, 0.3) is 11.1 Å². The Morgan fingerprint density at radius 3 is 2.53 bits per heavy atom. The lowest BCUT2D eigenvalue weighted by Crippen LogP contribution is -2.28. The summed E-state index contributed by atoms with van der Waals surface area (Å²) in [7, 11) is 1.56. The number of aromatic nitrogens is 3. The van der Waals surface area contributed by atoms with E-state index >= 15 is 0 Å². The molecule has 0 unspecified atom stereocenters. The number of thiazole rings is 1. The molecule has 0 amide bonds. The third-order valence-electron chi connectivity index (χ3n) is 5.00. The van der Waals surface area contributed by atoms with E-state index in [1.54, 1.807) is 25.3 Å². The van der Waals surface area contributed by atoms with Crippen molar-refractivity contribution in [3.05, 3.63) is 84.5 Å². The summed E-state index contributed by atoms with van der Waals surface area (Å²) >= 11 is 1.12. The van der Waals surface area contributed by atoms with E-state index in [1.807, 2.05) is 44.2 Å². The van der Waals surface area contributed by atoms with Crippen molar-refractivity contribution in [3.63, 3.8) is 0 Å². The van der Waals surface area contributed by atoms with Crippen molar-refractivity contribution in [2.45, 2.75) is 26.7 Å². The second-order valence-electron chi connectivity index (χ2n) is 7.49. The molecule has 0 N–H and O–H groups in total. The van der Waals surface area contributed by atoms with Gasteiger partial charge in [-0.15, -0.1) is 0 Å². The second kappa shape index (κ2) is 10.5. The molecule has 0 fully saturated rings. The van der Waals surface area contributed by atoms with Gasteiger partial charge in [-0.25, -0.2) is 0 Å². The molecule has 34 heavy (non-hydrogen) atoms. The molecule has 4 aromatic rings. The van der Waals surface area contributed by atoms with Crippen LogP contribution in [-0.4, -0.2) is 34.9 Å². The topological polar surface area (TPSA) is 92.0 Å². The van der Waals surface area contributed by atoms with Crippen LogP contribution in [0, 0.1) is 0 Å². The molecule has 0 bridgehead atoms. The summed E-state index contributed by atoms with van der Waals surface area (Å²) in [5.74, 6) is 1.97. The molecule has 2 heterocycles. The Morgan fingerprint density at radius 2 is 1.82 bits per heavy atom. The minimum Gasteiger partial charge on any atom is -0.494 e. The van der Waals surface area contributed by atoms with Gasteiger partial charge in [0, 0.05) is 6.42 Å². The second-order valence-corrected chi connectivity index (χ2v) is 8.50. The first-order chi connectivity index (χ1) is 16.5. The maximum atomic E-state index is 13.0. The third kappa shape index (κ3) is 5.09. The Kier molecular flexibility index (Phi) is 7.22. The SMILES string of the molecule is CCCOc1ccc(Cc2nn3c(=O)c(=Cc4ccc(OCC)c(OC)c4)sc3nc2=O)cc1. The van der Waals surface area contributed by atoms with Gasteiger partial charge in [0.1, 0.15) is 11.4 Å². The summed E-state index contributed by atoms with van der Waals surface area (Å²) in [6.07, 6.45) is 2.92. The van der Waals surface area contributed by atoms with Crippen LogP contribution in [0.1, 0.15) is 37.1 Å². The fraction of sp³-hybridized carbons (Fsp3) is 0.280. The minimum atomic E-state index is -0.443. The van der Waals surface area contributed by atoms with E-state index in [2.05, 4.69) is 10.1 Å². The number of nitrogens with zero attached hydrogens (tertiary/aromatic N) is 3. The van der Waals surface area contributed by atoms with Crippen molar-refractivity contribution in [2.24, 2.45) is 0 Å². The van der Waals surface area contributed by atoms with Gasteiger partial charge in [-0.1, -0.05) is 36.5 Å². The predicted molar refractivity (Wildman–Crippen MR) is 131 cm³/mol. The molecule has 2 aromatic carbocycles. The van der Waals surface area contributed by atoms with Crippen molar-refractivity contribution in [2.75, 3.05) is 20.3 Å². The van der Waals surface area contributed by atoms with E-state index in [-0.39, 0.29) is 22.6 Å². The zero-order valence-corrected chi connectivity index (χ0v) is 20.1. The fourth-order valence-electron chi connectivity index (χ4n) is 3.37. The molecule has 0 atom stereocenters. The Labute approximate surface area is 200 Å². The van der Waals surface area contributed by atoms with E-state index in [1.165, 1.54) is 4.52 Å². The number of fused-ring (bicyclic) bond motifs is 1. The van der Waals surface area contributed by atoms with Gasteiger partial charge < -0.3 is 14.2 Å². The van der Waals surface area contributed by atoms with Crippen molar-refractivity contribution >= 4 is 22.4 Å². The third-order valence-corrected chi connectivity index (χ3v) is 5.96. The van der Waals surface area contributed by atoms with Crippen LogP contribution in [-0.2, 0) is 6.42 Å². The van der Waals surface area contributed by atoms with Gasteiger partial charge in [-0.05, 0) is 54.8 Å². The Bertz CT molecular complexity index is 1460. The molecule has 0 saturated heterocycles. The maximum absolute atomic E-state index is 13.0. The Morgan fingerprint density at radius 1 is 1.03 bits per heavy atom. The summed E-state index contributed by atoms with van der Waals surface area (Å²) in [6.45, 7) is 5.11. The standard InChI is InChI=1S/C25H25N3O5S/c1-4-12-33-18-9-6-16(7-10-18)13-19-23(29)26-25-28(27-19)24(30)22(34-25)15-17-8-11-20(32-5-2)21(14-17)31-3/h6-11,14-15H,4-5,12-13H2,1-3H3. The van der Waals surface area contributed by atoms with E-state index in [0.717, 1.165) is 34.6 Å². The lowest BCUT2D eigenvalue weighted by Gasteiger charge is -2.09. The summed E-state index contributed by atoms with van der Waals surface area (Å²) in [5.41, 5.74) is 1.08. The highest BCUT2D eigenvalue weighted by atomic mass is 32.1. The van der Waals surface area contributed by atoms with Gasteiger partial charge in [0.2, 0.25) is 4.96 Å². The van der Waals surface area contributed by atoms with Crippen LogP contribution in [0.25, 0.3) is 11.0 Å². The van der Waals surface area contributed by atoms with Gasteiger partial charge >= 0.3 is 0 Å². The number of hydrogen-bond acceptors (Lipinski definition) is 8. The monoisotopic (exact) mass is 479 g/mol. The van der Waals surface area contributed by atoms with Gasteiger partial charge in [-0.2, -0.15) is 14.6 Å². The van der Waals surface area contributed by atoms with Crippen LogP contribution in [0.5, 0.6) is 17.2 Å². The van der Waals surface area contributed by atoms with E-state index < -0.39 is 5.56 Å². The molecule has 0 saturated carbocycles. The van der Waals surface area contributed by atoms with Crippen LogP contribution in [0.3, 0.4) is 0 Å². The van der Waals surface area contributed by atoms with Gasteiger partial charge in [-0.3, -0.25) is 9.59 Å². The Balaban J connectivity index is 1.66. The highest BCUT2D eigenvalue weighted by molar-refractivity contribution is 7.15. The first-order valence-electron chi connectivity index (χ1n) is 11.0. The number of ether oxygens (including phenoxy) is 3. The van der Waals surface area contributed by atoms with Crippen LogP contribution >= 0.6 is 11.3 Å². The van der Waals surface area contributed by atoms with Crippen molar-refractivity contribution in [1.29, 1.82) is 0 Å². The lowest BCUT2D eigenvalue weighted by atomic mass is 10.1. The maximum Gasteiger partial charge on any atom is 0.296 e. The molecule has 8 nitrogen and oxygen atoms in total. The highest BCUT2D eigenvalue weighted by Crippen LogP contribution is 2.28. The minimum absolute atomic E-state index is 0.212. The first-order valence-corrected chi connectivity index (χ1v) is 11.8. The van der Waals surface area contributed by atoms with Crippen molar-refractivity contribution in [3.8, 4) is 17.2 Å². The molecule has 4 rings (SSSR count). The van der Waals surface area contributed by atoms with Crippen LogP contribution in [0.4, 0.5) is 0 Å². The van der Waals surface area contributed by atoms with E-state index in [4.69, 9.17) is 14.2 Å². The van der Waals surface area contributed by atoms with Crippen molar-refractivity contribution in [1.82, 2.24) is 14.6 Å². The normalized spacial score (nSPS) is 11.7. The molecule has 0 aliphatic carbocycles. The average Bonchev–Trinajstić information content (AvgIpc) is 3.13. The summed E-state index contributed by atoms with van der Waals surface area (Å²) < 4.78 is 18.1. The zero-order valence-electron chi connectivity index (χ0n) is 19.2. The molecule has 0 radical (unpaired) electrons. The van der Waals surface area contributed by atoms with E-state index in [9.17, 15) is 9.59 Å². The molecule has 0 aliphatic heterocycles. The predicted octanol–water partition coefficient (Wildman–Crippen LogP) is 2.85. The molecule has 0 spiro atoms. The number of methoxy groups -OCH3 is 1. The van der Waals surface area contributed by atoms with E-state index in [0.29, 0.717) is 29.2 Å². The number of hydrogen-bond donors (Lipinski definition) is 0. The van der Waals surface area contributed by atoms with Crippen LogP contribution in [0.15, 0.2) is 52.1 Å². The molecule has 9 heteroatoms. The lowest BCUT2D eigenvalue weighted by molar-refractivity contribution is 0.311. The number of benzene rings is 2. The Hall–Kier alpha value is -3.72. The van der Waals surface area contributed by atoms with Crippen LogP contribution in [0.2, 0.25) is 0 Å². The summed E-state index contributed by atoms with van der Waals surface area (Å²) in [5, 5.41) is 4.32. The molecular formula is C25H25N3O5S. The van der Waals surface area contributed by atoms with Crippen molar-refractivity contribution < 1.29 is 14.2 Å². The quantitative estimate of drug-likeness (QED) is 0.365. The molecule has 0 aliphatic rings. The van der Waals surface area contributed by atoms with Gasteiger partial charge in [0.15, 0.2) is 11.5 Å². The number of rotatable bonds is 9. The summed E-state index contributed by atoms with van der Waals surface area (Å²) in [4.78, 5) is 29.9. The smallest absolute Gasteiger partial charge is 0.296 e. The highest BCUT2D eigenvalue weighted by Gasteiger charge is 2.12. The molecule has 176 valence electrons. The molecular weight excluding hydrogens is 454 g/mol. The fourth-order valence-corrected chi connectivity index (χ4v) is 4.27. The van der Waals surface area contributed by atoms with Gasteiger partial charge in [0.05, 0.1) is 24.9 Å². The summed E-state index contributed by atoms with van der Waals surface area (Å²) in [6, 6.07) is 12.9. The zero-order chi connectivity index (χ0) is 24.1. The average molecular weight is 480 g/mol.